The molecule has 2 atom stereocenters. The van der Waals surface area contributed by atoms with E-state index in [1.165, 1.54) is 28.3 Å². The first kappa shape index (κ1) is 23.9. The Kier molecular flexibility index (Phi) is 8.57. The van der Waals surface area contributed by atoms with Crippen LogP contribution in [0.1, 0.15) is 42.2 Å². The van der Waals surface area contributed by atoms with Crippen molar-refractivity contribution < 1.29 is 28.6 Å². The topological polar surface area (TPSA) is 103 Å². The van der Waals surface area contributed by atoms with Gasteiger partial charge >= 0.3 is 5.97 Å². The summed E-state index contributed by atoms with van der Waals surface area (Å²) >= 11 is 0. The van der Waals surface area contributed by atoms with Crippen molar-refractivity contribution >= 4 is 23.3 Å². The average molecular weight is 428 g/mol. The molecule has 8 nitrogen and oxygen atoms in total. The van der Waals surface area contributed by atoms with Crippen LogP contribution in [-0.2, 0) is 14.3 Å². The average Bonchev–Trinajstić information content (AvgIpc) is 2.78. The Hall–Kier alpha value is -3.39. The second-order valence-corrected chi connectivity index (χ2v) is 6.96. The van der Waals surface area contributed by atoms with E-state index in [4.69, 9.17) is 14.2 Å². The minimum absolute atomic E-state index is 0.0247. The molecule has 0 fully saturated rings. The maximum atomic E-state index is 12.7. The molecule has 0 heterocycles. The summed E-state index contributed by atoms with van der Waals surface area (Å²) in [6, 6.07) is 10.8. The van der Waals surface area contributed by atoms with Crippen molar-refractivity contribution in [2.75, 3.05) is 26.6 Å². The van der Waals surface area contributed by atoms with Gasteiger partial charge in [-0.25, -0.2) is 0 Å². The number of carbonyl (C=O) groups is 3. The molecule has 0 saturated heterocycles. The van der Waals surface area contributed by atoms with Crippen molar-refractivity contribution in [2.45, 2.75) is 32.4 Å². The van der Waals surface area contributed by atoms with Gasteiger partial charge in [0.15, 0.2) is 17.3 Å². The molecular weight excluding hydrogens is 400 g/mol. The van der Waals surface area contributed by atoms with Gasteiger partial charge in [-0.1, -0.05) is 6.07 Å². The normalized spacial score (nSPS) is 12.4. The van der Waals surface area contributed by atoms with Crippen LogP contribution < -0.4 is 20.1 Å². The van der Waals surface area contributed by atoms with Crippen molar-refractivity contribution in [3.63, 3.8) is 0 Å². The second kappa shape index (κ2) is 11.1. The van der Waals surface area contributed by atoms with Crippen LogP contribution in [0.5, 0.6) is 11.5 Å². The van der Waals surface area contributed by atoms with Crippen LogP contribution in [0.3, 0.4) is 0 Å². The van der Waals surface area contributed by atoms with Gasteiger partial charge in [-0.05, 0) is 55.8 Å². The summed E-state index contributed by atoms with van der Waals surface area (Å²) in [6.45, 7) is 3.18. The molecule has 0 aliphatic carbocycles. The standard InChI is InChI=1S/C23H28N2O6/c1-14(23(28)25-18-9-6-16(7-10-18)15(2)26)24-19(13-22(27)31-5)17-8-11-20(29-3)21(12-17)30-4/h6-12,14,19,24H,13H2,1-5H3,(H,25,28)/t14-,19-/m1/s1. The van der Waals surface area contributed by atoms with Crippen LogP contribution >= 0.6 is 0 Å². The van der Waals surface area contributed by atoms with Gasteiger partial charge in [0.1, 0.15) is 0 Å². The highest BCUT2D eigenvalue weighted by molar-refractivity contribution is 5.97. The first-order valence-electron chi connectivity index (χ1n) is 9.75. The smallest absolute Gasteiger partial charge is 0.307 e. The number of ether oxygens (including phenoxy) is 3. The molecule has 31 heavy (non-hydrogen) atoms. The van der Waals surface area contributed by atoms with E-state index in [0.717, 1.165) is 5.56 Å². The van der Waals surface area contributed by atoms with Gasteiger partial charge in [-0.2, -0.15) is 0 Å². The number of rotatable bonds is 10. The van der Waals surface area contributed by atoms with Crippen molar-refractivity contribution in [1.29, 1.82) is 0 Å². The number of hydrogen-bond donors (Lipinski definition) is 2. The summed E-state index contributed by atoms with van der Waals surface area (Å²) in [5.41, 5.74) is 1.88. The number of nitrogens with one attached hydrogen (secondary N) is 2. The van der Waals surface area contributed by atoms with E-state index < -0.39 is 18.1 Å². The number of hydrogen-bond acceptors (Lipinski definition) is 7. The maximum absolute atomic E-state index is 12.7. The maximum Gasteiger partial charge on any atom is 0.307 e. The summed E-state index contributed by atoms with van der Waals surface area (Å²) in [5.74, 6) is 0.321. The molecular formula is C23H28N2O6. The van der Waals surface area contributed by atoms with E-state index in [-0.39, 0.29) is 18.1 Å². The highest BCUT2D eigenvalue weighted by atomic mass is 16.5. The Morgan fingerprint density at radius 1 is 0.935 bits per heavy atom. The van der Waals surface area contributed by atoms with Crippen LogP contribution in [0.15, 0.2) is 42.5 Å². The summed E-state index contributed by atoms with van der Waals surface area (Å²) in [5, 5.41) is 5.97. The lowest BCUT2D eigenvalue weighted by molar-refractivity contribution is -0.141. The third-order valence-electron chi connectivity index (χ3n) is 4.81. The van der Waals surface area contributed by atoms with Crippen molar-refractivity contribution in [2.24, 2.45) is 0 Å². The molecule has 0 aliphatic rings. The second-order valence-electron chi connectivity index (χ2n) is 6.96. The Bertz CT molecular complexity index is 926. The molecule has 166 valence electrons. The molecule has 1 amide bonds. The van der Waals surface area contributed by atoms with Crippen LogP contribution in [0.25, 0.3) is 0 Å². The monoisotopic (exact) mass is 428 g/mol. The van der Waals surface area contributed by atoms with Gasteiger partial charge < -0.3 is 19.5 Å². The zero-order valence-corrected chi connectivity index (χ0v) is 18.4. The highest BCUT2D eigenvalue weighted by Gasteiger charge is 2.23. The van der Waals surface area contributed by atoms with E-state index in [1.54, 1.807) is 49.4 Å². The van der Waals surface area contributed by atoms with Gasteiger partial charge in [0.05, 0.1) is 33.8 Å². The molecule has 0 aromatic heterocycles. The zero-order chi connectivity index (χ0) is 23.0. The number of amides is 1. The van der Waals surface area contributed by atoms with E-state index in [9.17, 15) is 14.4 Å². The first-order valence-corrected chi connectivity index (χ1v) is 9.75. The first-order chi connectivity index (χ1) is 14.8. The number of ketones is 1. The Morgan fingerprint density at radius 2 is 1.58 bits per heavy atom. The van der Waals surface area contributed by atoms with E-state index in [2.05, 4.69) is 10.6 Å². The Labute approximate surface area is 181 Å². The van der Waals surface area contributed by atoms with Crippen molar-refractivity contribution in [1.82, 2.24) is 5.32 Å². The molecule has 0 spiro atoms. The highest BCUT2D eigenvalue weighted by Crippen LogP contribution is 2.31. The predicted octanol–water partition coefficient (Wildman–Crippen LogP) is 3.13. The van der Waals surface area contributed by atoms with Crippen molar-refractivity contribution in [3.05, 3.63) is 53.6 Å². The number of methoxy groups -OCH3 is 3. The molecule has 0 aliphatic heterocycles. The van der Waals surface area contributed by atoms with Crippen LogP contribution in [0.2, 0.25) is 0 Å². The number of Topliss-reactive ketones (excluding diaryl/α,β-unsaturated/α-hetero) is 1. The number of carbonyl (C=O) groups excluding carboxylic acids is 3. The van der Waals surface area contributed by atoms with E-state index >= 15 is 0 Å². The van der Waals surface area contributed by atoms with Gasteiger partial charge in [0.25, 0.3) is 0 Å². The zero-order valence-electron chi connectivity index (χ0n) is 18.4. The molecule has 0 bridgehead atoms. The summed E-state index contributed by atoms with van der Waals surface area (Å²) in [4.78, 5) is 36.0. The third-order valence-corrected chi connectivity index (χ3v) is 4.81. The third kappa shape index (κ3) is 6.55. The predicted molar refractivity (Wildman–Crippen MR) is 117 cm³/mol. The fraction of sp³-hybridized carbons (Fsp3) is 0.348. The summed E-state index contributed by atoms with van der Waals surface area (Å²) in [7, 11) is 4.38. The van der Waals surface area contributed by atoms with Gasteiger partial charge in [-0.15, -0.1) is 0 Å². The molecule has 0 saturated carbocycles. The fourth-order valence-corrected chi connectivity index (χ4v) is 3.01. The van der Waals surface area contributed by atoms with Crippen LogP contribution in [0.4, 0.5) is 5.69 Å². The molecule has 2 N–H and O–H groups in total. The fourth-order valence-electron chi connectivity index (χ4n) is 3.01. The Balaban J connectivity index is 2.16. The molecule has 8 heteroatoms. The molecule has 0 unspecified atom stereocenters. The van der Waals surface area contributed by atoms with Crippen LogP contribution in [0, 0.1) is 0 Å². The lowest BCUT2D eigenvalue weighted by atomic mass is 10.0. The minimum atomic E-state index is -0.629. The van der Waals surface area contributed by atoms with Gasteiger partial charge in [0.2, 0.25) is 5.91 Å². The molecule has 2 rings (SSSR count). The van der Waals surface area contributed by atoms with E-state index in [0.29, 0.717) is 22.7 Å². The summed E-state index contributed by atoms with van der Waals surface area (Å²) in [6.07, 6.45) is 0.0247. The van der Waals surface area contributed by atoms with E-state index in [1.807, 2.05) is 0 Å². The summed E-state index contributed by atoms with van der Waals surface area (Å²) < 4.78 is 15.4. The minimum Gasteiger partial charge on any atom is -0.493 e. The van der Waals surface area contributed by atoms with Gasteiger partial charge in [0, 0.05) is 17.3 Å². The van der Waals surface area contributed by atoms with Crippen LogP contribution in [-0.4, -0.2) is 45.0 Å². The number of esters is 1. The number of anilines is 1. The largest absolute Gasteiger partial charge is 0.493 e. The lowest BCUT2D eigenvalue weighted by Gasteiger charge is -2.23. The van der Waals surface area contributed by atoms with Crippen molar-refractivity contribution in [3.8, 4) is 11.5 Å². The number of benzene rings is 2. The van der Waals surface area contributed by atoms with Gasteiger partial charge in [-0.3, -0.25) is 19.7 Å². The molecule has 2 aromatic carbocycles. The molecule has 2 aromatic rings. The quantitative estimate of drug-likeness (QED) is 0.443. The SMILES string of the molecule is COC(=O)C[C@@H](N[C@H](C)C(=O)Nc1ccc(C(C)=O)cc1)c1ccc(OC)c(OC)c1. The lowest BCUT2D eigenvalue weighted by Crippen LogP contribution is -2.41. The Morgan fingerprint density at radius 3 is 2.13 bits per heavy atom. The molecule has 0 radical (unpaired) electrons.